The van der Waals surface area contributed by atoms with E-state index in [9.17, 15) is 4.79 Å². The van der Waals surface area contributed by atoms with E-state index >= 15 is 0 Å². The second-order valence-electron chi connectivity index (χ2n) is 3.92. The summed E-state index contributed by atoms with van der Waals surface area (Å²) < 4.78 is 1.64. The largest absolute Gasteiger partial charge is 0.330 e. The molecule has 0 fully saturated rings. The van der Waals surface area contributed by atoms with Crippen molar-refractivity contribution < 1.29 is 0 Å². The normalized spacial score (nSPS) is 12.7. The van der Waals surface area contributed by atoms with E-state index in [1.165, 1.54) is 0 Å². The van der Waals surface area contributed by atoms with Crippen LogP contribution in [0, 0.1) is 6.92 Å². The molecule has 0 aliphatic carbocycles. The van der Waals surface area contributed by atoms with Gasteiger partial charge in [-0.15, -0.1) is 0 Å². The fraction of sp³-hybridized carbons (Fsp3) is 0.250. The highest BCUT2D eigenvalue weighted by atomic mass is 16.1. The number of H-pyrrole nitrogens is 1. The van der Waals surface area contributed by atoms with Gasteiger partial charge in [-0.25, -0.2) is 4.79 Å². The number of benzene rings is 1. The quantitative estimate of drug-likeness (QED) is 0.800. The third kappa shape index (κ3) is 1.67. The molecule has 0 saturated carbocycles. The first-order chi connectivity index (χ1) is 7.61. The van der Waals surface area contributed by atoms with Gasteiger partial charge in [-0.3, -0.25) is 4.57 Å². The average Bonchev–Trinajstić information content (AvgIpc) is 2.58. The number of nitrogens with one attached hydrogen (secondary N) is 1. The lowest BCUT2D eigenvalue weighted by molar-refractivity contribution is 0.795. The monoisotopic (exact) mass is 217 g/mol. The number of imidazole rings is 1. The van der Waals surface area contributed by atoms with Crippen LogP contribution in [0.4, 0.5) is 0 Å². The van der Waals surface area contributed by atoms with Crippen LogP contribution in [0.15, 0.2) is 35.3 Å². The smallest absolute Gasteiger partial charge is 0.324 e. The van der Waals surface area contributed by atoms with Crippen LogP contribution in [0.25, 0.3) is 5.69 Å². The maximum atomic E-state index is 11.7. The van der Waals surface area contributed by atoms with E-state index in [1.54, 1.807) is 10.8 Å². The van der Waals surface area contributed by atoms with Gasteiger partial charge < -0.3 is 10.7 Å². The molecule has 2 rings (SSSR count). The molecule has 0 bridgehead atoms. The molecule has 0 aliphatic rings. The molecule has 1 heterocycles. The standard InChI is InChI=1S/C12H15N3O/c1-8-7-14-12(16)15(8)11-6-4-3-5-10(11)9(2)13/h3-7,9H,13H2,1-2H3,(H,14,16). The maximum absolute atomic E-state index is 11.7. The zero-order valence-corrected chi connectivity index (χ0v) is 9.40. The number of rotatable bonds is 2. The summed E-state index contributed by atoms with van der Waals surface area (Å²) in [6, 6.07) is 7.58. The van der Waals surface area contributed by atoms with Crippen LogP contribution in [0.3, 0.4) is 0 Å². The van der Waals surface area contributed by atoms with Crippen molar-refractivity contribution in [2.75, 3.05) is 0 Å². The van der Waals surface area contributed by atoms with Gasteiger partial charge in [0.25, 0.3) is 0 Å². The summed E-state index contributed by atoms with van der Waals surface area (Å²) in [5, 5.41) is 0. The molecule has 3 N–H and O–H groups in total. The first-order valence-corrected chi connectivity index (χ1v) is 5.23. The molecular weight excluding hydrogens is 202 g/mol. The predicted octanol–water partition coefficient (Wildman–Crippen LogP) is 1.49. The van der Waals surface area contributed by atoms with Gasteiger partial charge >= 0.3 is 5.69 Å². The highest BCUT2D eigenvalue weighted by Crippen LogP contribution is 2.19. The van der Waals surface area contributed by atoms with Gasteiger partial charge in [0.1, 0.15) is 0 Å². The molecule has 1 unspecified atom stereocenters. The molecule has 1 aromatic carbocycles. The van der Waals surface area contributed by atoms with Crippen molar-refractivity contribution in [3.8, 4) is 5.69 Å². The van der Waals surface area contributed by atoms with Crippen LogP contribution >= 0.6 is 0 Å². The summed E-state index contributed by atoms with van der Waals surface area (Å²) >= 11 is 0. The molecule has 4 nitrogen and oxygen atoms in total. The third-order valence-electron chi connectivity index (χ3n) is 2.63. The summed E-state index contributed by atoms with van der Waals surface area (Å²) in [7, 11) is 0. The van der Waals surface area contributed by atoms with Crippen LogP contribution in [-0.2, 0) is 0 Å². The number of aromatic nitrogens is 2. The summed E-state index contributed by atoms with van der Waals surface area (Å²) in [4.78, 5) is 14.4. The van der Waals surface area contributed by atoms with Crippen LogP contribution < -0.4 is 11.4 Å². The molecule has 0 amide bonds. The minimum atomic E-state index is -0.134. The molecule has 0 aliphatic heterocycles. The van der Waals surface area contributed by atoms with Gasteiger partial charge in [-0.1, -0.05) is 18.2 Å². The maximum Gasteiger partial charge on any atom is 0.330 e. The number of aromatic amines is 1. The van der Waals surface area contributed by atoms with Gasteiger partial charge in [0.15, 0.2) is 0 Å². The van der Waals surface area contributed by atoms with Gasteiger partial charge in [-0.05, 0) is 25.5 Å². The third-order valence-corrected chi connectivity index (χ3v) is 2.63. The Labute approximate surface area is 93.7 Å². The Bertz CT molecular complexity index is 551. The molecule has 0 spiro atoms. The van der Waals surface area contributed by atoms with Crippen molar-refractivity contribution in [3.63, 3.8) is 0 Å². The lowest BCUT2D eigenvalue weighted by Gasteiger charge is -2.13. The number of aryl methyl sites for hydroxylation is 1. The lowest BCUT2D eigenvalue weighted by Crippen LogP contribution is -2.19. The minimum absolute atomic E-state index is 0.0996. The Morgan fingerprint density at radius 1 is 1.38 bits per heavy atom. The van der Waals surface area contributed by atoms with Gasteiger partial charge in [0.2, 0.25) is 0 Å². The van der Waals surface area contributed by atoms with Crippen molar-refractivity contribution in [2.24, 2.45) is 5.73 Å². The summed E-state index contributed by atoms with van der Waals surface area (Å²) in [5.41, 5.74) is 8.45. The minimum Gasteiger partial charge on any atom is -0.324 e. The van der Waals surface area contributed by atoms with E-state index in [0.29, 0.717) is 0 Å². The number of nitrogens with two attached hydrogens (primary N) is 1. The topological polar surface area (TPSA) is 63.8 Å². The van der Waals surface area contributed by atoms with E-state index in [0.717, 1.165) is 16.9 Å². The fourth-order valence-electron chi connectivity index (χ4n) is 1.83. The molecule has 1 atom stereocenters. The first kappa shape index (κ1) is 10.7. The second-order valence-corrected chi connectivity index (χ2v) is 3.92. The molecule has 2 aromatic rings. The van der Waals surface area contributed by atoms with Crippen molar-refractivity contribution >= 4 is 0 Å². The highest BCUT2D eigenvalue weighted by Gasteiger charge is 2.11. The van der Waals surface area contributed by atoms with Crippen molar-refractivity contribution in [3.05, 3.63) is 52.2 Å². The van der Waals surface area contributed by atoms with Crippen LogP contribution in [-0.4, -0.2) is 9.55 Å². The van der Waals surface area contributed by atoms with E-state index in [1.807, 2.05) is 38.1 Å². The summed E-state index contributed by atoms with van der Waals surface area (Å²) in [6.07, 6.45) is 1.69. The Kier molecular flexibility index (Phi) is 2.66. The first-order valence-electron chi connectivity index (χ1n) is 5.23. The van der Waals surface area contributed by atoms with Crippen LogP contribution in [0.2, 0.25) is 0 Å². The van der Waals surface area contributed by atoms with Crippen molar-refractivity contribution in [1.29, 1.82) is 0 Å². The number of nitrogens with zero attached hydrogens (tertiary/aromatic N) is 1. The van der Waals surface area contributed by atoms with Crippen molar-refractivity contribution in [1.82, 2.24) is 9.55 Å². The van der Waals surface area contributed by atoms with E-state index in [-0.39, 0.29) is 11.7 Å². The lowest BCUT2D eigenvalue weighted by atomic mass is 10.1. The Morgan fingerprint density at radius 3 is 2.62 bits per heavy atom. The molecular formula is C12H15N3O. The van der Waals surface area contributed by atoms with E-state index in [2.05, 4.69) is 4.98 Å². The molecule has 84 valence electrons. The van der Waals surface area contributed by atoms with E-state index in [4.69, 9.17) is 5.73 Å². The van der Waals surface area contributed by atoms with Crippen molar-refractivity contribution in [2.45, 2.75) is 19.9 Å². The molecule has 0 radical (unpaired) electrons. The summed E-state index contributed by atoms with van der Waals surface area (Å²) in [5.74, 6) is 0. The van der Waals surface area contributed by atoms with E-state index < -0.39 is 0 Å². The van der Waals surface area contributed by atoms with Gasteiger partial charge in [0.05, 0.1) is 5.69 Å². The van der Waals surface area contributed by atoms with Crippen LogP contribution in [0.5, 0.6) is 0 Å². The zero-order valence-electron chi connectivity index (χ0n) is 9.40. The number of para-hydroxylation sites is 1. The second kappa shape index (κ2) is 3.98. The highest BCUT2D eigenvalue weighted by molar-refractivity contribution is 5.43. The molecule has 0 saturated heterocycles. The fourth-order valence-corrected chi connectivity index (χ4v) is 1.83. The van der Waals surface area contributed by atoms with Crippen LogP contribution in [0.1, 0.15) is 24.2 Å². The number of hydrogen-bond donors (Lipinski definition) is 2. The van der Waals surface area contributed by atoms with Gasteiger partial charge in [-0.2, -0.15) is 0 Å². The SMILES string of the molecule is Cc1c[nH]c(=O)n1-c1ccccc1C(C)N. The molecule has 1 aromatic heterocycles. The molecule has 4 heteroatoms. The Hall–Kier alpha value is -1.81. The summed E-state index contributed by atoms with van der Waals surface area (Å²) in [6.45, 7) is 3.79. The molecule has 16 heavy (non-hydrogen) atoms. The van der Waals surface area contributed by atoms with Gasteiger partial charge in [0, 0.05) is 17.9 Å². The Morgan fingerprint density at radius 2 is 2.06 bits per heavy atom. The number of hydrogen-bond acceptors (Lipinski definition) is 2. The average molecular weight is 217 g/mol. The Balaban J connectivity index is 2.69. The predicted molar refractivity (Wildman–Crippen MR) is 63.7 cm³/mol. The zero-order chi connectivity index (χ0) is 11.7.